The first-order valence-electron chi connectivity index (χ1n) is 10.8. The van der Waals surface area contributed by atoms with Crippen molar-refractivity contribution in [1.29, 1.82) is 0 Å². The van der Waals surface area contributed by atoms with E-state index < -0.39 is 12.0 Å². The number of hydrogen-bond acceptors (Lipinski definition) is 6. The molecule has 0 saturated carbocycles. The van der Waals surface area contributed by atoms with Gasteiger partial charge >= 0.3 is 5.97 Å². The summed E-state index contributed by atoms with van der Waals surface area (Å²) in [4.78, 5) is 37.7. The number of rotatable bonds is 5. The number of carboxylic acids is 1. The molecule has 0 spiro atoms. The maximum atomic E-state index is 13.8. The molecule has 1 atom stereocenters. The Morgan fingerprint density at radius 3 is 2.21 bits per heavy atom. The molecule has 1 fully saturated rings. The number of nitrogens with zero attached hydrogens (tertiary/aromatic N) is 4. The van der Waals surface area contributed by atoms with Crippen LogP contribution in [0.2, 0.25) is 0 Å². The van der Waals surface area contributed by atoms with E-state index in [1.54, 1.807) is 42.7 Å². The Bertz CT molecular complexity index is 1350. The standard InChI is InChI=1S/C25H23N5O3/c31-24-19-10-5-4-9-18(19)20(25(32)33)21(30(24)17-7-2-1-3-8-17)22(23-27-11-6-12-28-23)29-15-13-26-14-16-29/h1-12,22,26H,13-16H2,(H,32,33). The van der Waals surface area contributed by atoms with Crippen molar-refractivity contribution in [2.75, 3.05) is 26.2 Å². The smallest absolute Gasteiger partial charge is 0.338 e. The first kappa shape index (κ1) is 21.0. The lowest BCUT2D eigenvalue weighted by atomic mass is 9.96. The van der Waals surface area contributed by atoms with Crippen LogP contribution in [-0.2, 0) is 0 Å². The Labute approximate surface area is 190 Å². The van der Waals surface area contributed by atoms with Crippen molar-refractivity contribution < 1.29 is 9.90 Å². The van der Waals surface area contributed by atoms with Gasteiger partial charge in [-0.05, 0) is 24.3 Å². The van der Waals surface area contributed by atoms with Crippen molar-refractivity contribution in [3.05, 3.63) is 100 Å². The van der Waals surface area contributed by atoms with Gasteiger partial charge in [0.15, 0.2) is 5.82 Å². The van der Waals surface area contributed by atoms with Gasteiger partial charge in [-0.25, -0.2) is 14.8 Å². The number of piperazine rings is 1. The minimum absolute atomic E-state index is 0.0880. The van der Waals surface area contributed by atoms with E-state index in [9.17, 15) is 14.7 Å². The molecular formula is C25H23N5O3. The van der Waals surface area contributed by atoms with Crippen LogP contribution in [0.5, 0.6) is 0 Å². The molecule has 1 unspecified atom stereocenters. The van der Waals surface area contributed by atoms with Crippen LogP contribution in [0.1, 0.15) is 27.9 Å². The zero-order chi connectivity index (χ0) is 22.8. The van der Waals surface area contributed by atoms with Gasteiger partial charge in [0.05, 0.1) is 11.3 Å². The number of nitrogens with one attached hydrogen (secondary N) is 1. The van der Waals surface area contributed by atoms with E-state index in [-0.39, 0.29) is 11.1 Å². The summed E-state index contributed by atoms with van der Waals surface area (Å²) in [6.45, 7) is 2.82. The summed E-state index contributed by atoms with van der Waals surface area (Å²) in [5.74, 6) is -0.636. The molecule has 0 aliphatic carbocycles. The number of fused-ring (bicyclic) bond motifs is 1. The second-order valence-corrected chi connectivity index (χ2v) is 7.88. The number of hydrogen-bond donors (Lipinski definition) is 2. The first-order valence-corrected chi connectivity index (χ1v) is 10.8. The molecule has 8 nitrogen and oxygen atoms in total. The number of para-hydroxylation sites is 1. The quantitative estimate of drug-likeness (QED) is 0.491. The van der Waals surface area contributed by atoms with E-state index in [0.717, 1.165) is 13.1 Å². The molecule has 1 saturated heterocycles. The van der Waals surface area contributed by atoms with Gasteiger partial charge in [0.25, 0.3) is 5.56 Å². The fourth-order valence-corrected chi connectivity index (χ4v) is 4.54. The van der Waals surface area contributed by atoms with Crippen LogP contribution in [0.15, 0.2) is 77.9 Å². The molecule has 0 amide bonds. The highest BCUT2D eigenvalue weighted by atomic mass is 16.4. The highest BCUT2D eigenvalue weighted by Crippen LogP contribution is 2.33. The molecule has 4 aromatic rings. The fourth-order valence-electron chi connectivity index (χ4n) is 4.54. The Morgan fingerprint density at radius 1 is 0.909 bits per heavy atom. The van der Waals surface area contributed by atoms with Gasteiger partial charge in [-0.2, -0.15) is 0 Å². The van der Waals surface area contributed by atoms with Gasteiger partial charge in [-0.3, -0.25) is 14.3 Å². The van der Waals surface area contributed by atoms with Gasteiger partial charge < -0.3 is 10.4 Å². The number of carbonyl (C=O) groups is 1. The van der Waals surface area contributed by atoms with Gasteiger partial charge in [0, 0.05) is 55.0 Å². The molecule has 0 bridgehead atoms. The van der Waals surface area contributed by atoms with Crippen molar-refractivity contribution >= 4 is 16.7 Å². The van der Waals surface area contributed by atoms with Crippen molar-refractivity contribution in [1.82, 2.24) is 24.8 Å². The summed E-state index contributed by atoms with van der Waals surface area (Å²) >= 11 is 0. The van der Waals surface area contributed by atoms with Crippen LogP contribution in [0.4, 0.5) is 0 Å². The molecule has 5 rings (SSSR count). The molecular weight excluding hydrogens is 418 g/mol. The molecule has 8 heteroatoms. The maximum absolute atomic E-state index is 13.8. The molecule has 3 heterocycles. The minimum atomic E-state index is -1.10. The van der Waals surface area contributed by atoms with E-state index in [0.29, 0.717) is 41.1 Å². The maximum Gasteiger partial charge on any atom is 0.338 e. The van der Waals surface area contributed by atoms with Crippen LogP contribution < -0.4 is 10.9 Å². The Balaban J connectivity index is 1.93. The lowest BCUT2D eigenvalue weighted by Crippen LogP contribution is -2.47. The average Bonchev–Trinajstić information content (AvgIpc) is 2.86. The number of aromatic nitrogens is 3. The predicted octanol–water partition coefficient (Wildman–Crippen LogP) is 2.47. The van der Waals surface area contributed by atoms with Crippen LogP contribution in [-0.4, -0.2) is 56.7 Å². The van der Waals surface area contributed by atoms with E-state index in [4.69, 9.17) is 0 Å². The summed E-state index contributed by atoms with van der Waals surface area (Å²) in [5, 5.41) is 14.5. The van der Waals surface area contributed by atoms with Crippen molar-refractivity contribution in [2.45, 2.75) is 6.04 Å². The molecule has 2 aromatic carbocycles. The van der Waals surface area contributed by atoms with Crippen LogP contribution in [0, 0.1) is 0 Å². The van der Waals surface area contributed by atoms with Crippen LogP contribution in [0.3, 0.4) is 0 Å². The summed E-state index contributed by atoms with van der Waals surface area (Å²) in [7, 11) is 0. The normalized spacial score (nSPS) is 15.4. The van der Waals surface area contributed by atoms with Crippen molar-refractivity contribution in [2.24, 2.45) is 0 Å². The highest BCUT2D eigenvalue weighted by Gasteiger charge is 2.34. The molecule has 1 aliphatic rings. The summed E-state index contributed by atoms with van der Waals surface area (Å²) < 4.78 is 1.52. The zero-order valence-corrected chi connectivity index (χ0v) is 17.9. The SMILES string of the molecule is O=C(O)c1c(C(c2ncccn2)N2CCNCC2)n(-c2ccccc2)c(=O)c2ccccc12. The van der Waals surface area contributed by atoms with Crippen molar-refractivity contribution in [3.8, 4) is 5.69 Å². The molecule has 33 heavy (non-hydrogen) atoms. The van der Waals surface area contributed by atoms with Gasteiger partial charge in [-0.15, -0.1) is 0 Å². The number of carboxylic acid groups (broad SMARTS) is 1. The molecule has 2 aromatic heterocycles. The Morgan fingerprint density at radius 2 is 1.55 bits per heavy atom. The third kappa shape index (κ3) is 3.79. The Hall–Kier alpha value is -3.88. The zero-order valence-electron chi connectivity index (χ0n) is 17.9. The molecule has 166 valence electrons. The second kappa shape index (κ2) is 8.93. The lowest BCUT2D eigenvalue weighted by Gasteiger charge is -2.36. The topological polar surface area (TPSA) is 100 Å². The molecule has 2 N–H and O–H groups in total. The van der Waals surface area contributed by atoms with Crippen LogP contribution >= 0.6 is 0 Å². The summed E-state index contributed by atoms with van der Waals surface area (Å²) in [6.07, 6.45) is 3.29. The van der Waals surface area contributed by atoms with Gasteiger partial charge in [-0.1, -0.05) is 36.4 Å². The monoisotopic (exact) mass is 441 g/mol. The van der Waals surface area contributed by atoms with Crippen molar-refractivity contribution in [3.63, 3.8) is 0 Å². The number of aromatic carboxylic acids is 1. The molecule has 0 radical (unpaired) electrons. The highest BCUT2D eigenvalue weighted by molar-refractivity contribution is 6.04. The van der Waals surface area contributed by atoms with E-state index in [2.05, 4.69) is 20.2 Å². The minimum Gasteiger partial charge on any atom is -0.478 e. The largest absolute Gasteiger partial charge is 0.478 e. The van der Waals surface area contributed by atoms with E-state index in [1.165, 1.54) is 4.57 Å². The van der Waals surface area contributed by atoms with Crippen LogP contribution in [0.25, 0.3) is 16.5 Å². The average molecular weight is 441 g/mol. The van der Waals surface area contributed by atoms with Gasteiger partial charge in [0.2, 0.25) is 0 Å². The summed E-state index contributed by atoms with van der Waals surface area (Å²) in [6, 6.07) is 17.1. The second-order valence-electron chi connectivity index (χ2n) is 7.88. The van der Waals surface area contributed by atoms with Gasteiger partial charge in [0.1, 0.15) is 6.04 Å². The lowest BCUT2D eigenvalue weighted by molar-refractivity contribution is 0.0693. The first-order chi connectivity index (χ1) is 16.2. The predicted molar refractivity (Wildman–Crippen MR) is 125 cm³/mol. The molecule has 1 aliphatic heterocycles. The van der Waals surface area contributed by atoms with E-state index in [1.807, 2.05) is 30.3 Å². The third-order valence-corrected chi connectivity index (χ3v) is 5.96. The number of pyridine rings is 1. The third-order valence-electron chi connectivity index (χ3n) is 5.96. The van der Waals surface area contributed by atoms with E-state index >= 15 is 0 Å². The Kier molecular flexibility index (Phi) is 5.68. The number of benzene rings is 2. The fraction of sp³-hybridized carbons (Fsp3) is 0.200. The summed E-state index contributed by atoms with van der Waals surface area (Å²) in [5.41, 5.74) is 0.783.